The molecule has 3 N–H and O–H groups in total. The first-order valence-corrected chi connectivity index (χ1v) is 11.2. The largest absolute Gasteiger partial charge is 0.352 e. The van der Waals surface area contributed by atoms with Crippen molar-refractivity contribution in [2.75, 3.05) is 6.54 Å². The second-order valence-electron chi connectivity index (χ2n) is 8.97. The van der Waals surface area contributed by atoms with Gasteiger partial charge in [-0.05, 0) is 43.2 Å². The van der Waals surface area contributed by atoms with E-state index >= 15 is 0 Å². The number of para-hydroxylation sites is 2. The number of fused-ring (bicyclic) bond motifs is 1. The molecular weight excluding hydrogens is 434 g/mol. The first-order valence-electron chi connectivity index (χ1n) is 11.2. The van der Waals surface area contributed by atoms with Crippen LogP contribution in [0.5, 0.6) is 0 Å². The lowest BCUT2D eigenvalue weighted by Gasteiger charge is -2.30. The Kier molecular flexibility index (Phi) is 6.19. The molecular formula is C25H27N5O4. The minimum atomic E-state index is -1.42. The molecule has 1 fully saturated rings. The summed E-state index contributed by atoms with van der Waals surface area (Å²) in [5, 5.41) is 6.91. The van der Waals surface area contributed by atoms with Gasteiger partial charge in [0.15, 0.2) is 0 Å². The number of benzene rings is 2. The van der Waals surface area contributed by atoms with E-state index in [1.54, 1.807) is 12.1 Å². The van der Waals surface area contributed by atoms with Gasteiger partial charge in [0, 0.05) is 24.6 Å². The molecule has 2 aromatic carbocycles. The van der Waals surface area contributed by atoms with E-state index < -0.39 is 23.3 Å². The van der Waals surface area contributed by atoms with Gasteiger partial charge in [0.1, 0.15) is 11.2 Å². The van der Waals surface area contributed by atoms with Gasteiger partial charge in [-0.1, -0.05) is 38.1 Å². The molecule has 0 saturated carbocycles. The SMILES string of the molecule is CC(C)c1nc2ccccc2n1Cc1ccc(C(=O)NCCC2(C)C(=O)NC(=O)NC2=O)cc1. The van der Waals surface area contributed by atoms with E-state index in [2.05, 4.69) is 40.4 Å². The second-order valence-corrected chi connectivity index (χ2v) is 8.97. The van der Waals surface area contributed by atoms with Crippen molar-refractivity contribution in [2.24, 2.45) is 5.41 Å². The van der Waals surface area contributed by atoms with Crippen molar-refractivity contribution < 1.29 is 19.2 Å². The number of urea groups is 1. The predicted octanol–water partition coefficient (Wildman–Crippen LogP) is 2.70. The Morgan fingerprint density at radius 1 is 1.03 bits per heavy atom. The lowest BCUT2D eigenvalue weighted by Crippen LogP contribution is -2.61. The summed E-state index contributed by atoms with van der Waals surface area (Å²) in [4.78, 5) is 52.8. The van der Waals surface area contributed by atoms with Gasteiger partial charge in [0.2, 0.25) is 11.8 Å². The van der Waals surface area contributed by atoms with Crippen LogP contribution in [0.2, 0.25) is 0 Å². The molecule has 0 aliphatic carbocycles. The number of rotatable bonds is 7. The number of imide groups is 2. The van der Waals surface area contributed by atoms with Crippen LogP contribution in [0, 0.1) is 5.41 Å². The fraction of sp³-hybridized carbons (Fsp3) is 0.320. The van der Waals surface area contributed by atoms with Gasteiger partial charge in [-0.25, -0.2) is 9.78 Å². The fourth-order valence-electron chi connectivity index (χ4n) is 4.02. The van der Waals surface area contributed by atoms with Gasteiger partial charge in [-0.3, -0.25) is 25.0 Å². The van der Waals surface area contributed by atoms with Crippen LogP contribution in [0.15, 0.2) is 48.5 Å². The van der Waals surface area contributed by atoms with Crippen LogP contribution in [0.3, 0.4) is 0 Å². The first-order chi connectivity index (χ1) is 16.2. The fourth-order valence-corrected chi connectivity index (χ4v) is 4.02. The standard InChI is InChI=1S/C25H27N5O4/c1-15(2)20-27-18-6-4-5-7-19(18)30(20)14-16-8-10-17(11-9-16)21(31)26-13-12-25(3)22(32)28-24(34)29-23(25)33/h4-11,15H,12-14H2,1-3H3,(H,26,31)(H2,28,29,32,33,34). The number of carbonyl (C=O) groups excluding carboxylic acids is 4. The summed E-state index contributed by atoms with van der Waals surface area (Å²) in [6.45, 7) is 6.41. The number of imidazole rings is 1. The topological polar surface area (TPSA) is 122 Å². The maximum absolute atomic E-state index is 12.6. The number of nitrogens with one attached hydrogen (secondary N) is 3. The Balaban J connectivity index is 1.41. The maximum atomic E-state index is 12.6. The summed E-state index contributed by atoms with van der Waals surface area (Å²) < 4.78 is 2.20. The Labute approximate surface area is 196 Å². The average molecular weight is 462 g/mol. The average Bonchev–Trinajstić information content (AvgIpc) is 3.17. The molecule has 9 heteroatoms. The zero-order chi connectivity index (χ0) is 24.5. The summed E-state index contributed by atoms with van der Waals surface area (Å²) in [5.41, 5.74) is 2.11. The summed E-state index contributed by atoms with van der Waals surface area (Å²) in [6.07, 6.45) is 0.0629. The van der Waals surface area contributed by atoms with E-state index in [-0.39, 0.29) is 24.8 Å². The third-order valence-electron chi connectivity index (χ3n) is 6.12. The van der Waals surface area contributed by atoms with E-state index in [1.165, 1.54) is 6.92 Å². The molecule has 1 saturated heterocycles. The normalized spacial score (nSPS) is 15.4. The number of carbonyl (C=O) groups is 4. The molecule has 5 amide bonds. The maximum Gasteiger partial charge on any atom is 0.328 e. The summed E-state index contributed by atoms with van der Waals surface area (Å²) in [7, 11) is 0. The van der Waals surface area contributed by atoms with Crippen LogP contribution in [-0.2, 0) is 16.1 Å². The Morgan fingerprint density at radius 2 is 1.68 bits per heavy atom. The van der Waals surface area contributed by atoms with Gasteiger partial charge >= 0.3 is 6.03 Å². The predicted molar refractivity (Wildman–Crippen MR) is 126 cm³/mol. The lowest BCUT2D eigenvalue weighted by atomic mass is 9.83. The highest BCUT2D eigenvalue weighted by molar-refractivity contribution is 6.18. The number of aromatic nitrogens is 2. The van der Waals surface area contributed by atoms with Crippen LogP contribution in [0.1, 0.15) is 54.9 Å². The molecule has 0 atom stereocenters. The third-order valence-corrected chi connectivity index (χ3v) is 6.12. The van der Waals surface area contributed by atoms with E-state index in [0.717, 1.165) is 22.4 Å². The number of hydrogen-bond donors (Lipinski definition) is 3. The Morgan fingerprint density at radius 3 is 2.32 bits per heavy atom. The molecule has 2 heterocycles. The minimum Gasteiger partial charge on any atom is -0.352 e. The summed E-state index contributed by atoms with van der Waals surface area (Å²) >= 11 is 0. The van der Waals surface area contributed by atoms with E-state index in [1.807, 2.05) is 30.3 Å². The molecule has 176 valence electrons. The molecule has 0 radical (unpaired) electrons. The summed E-state index contributed by atoms with van der Waals surface area (Å²) in [6, 6.07) is 14.5. The highest BCUT2D eigenvalue weighted by atomic mass is 16.2. The molecule has 4 rings (SSSR count). The zero-order valence-electron chi connectivity index (χ0n) is 19.3. The number of amides is 5. The van der Waals surface area contributed by atoms with Gasteiger partial charge in [0.25, 0.3) is 5.91 Å². The smallest absolute Gasteiger partial charge is 0.328 e. The quantitative estimate of drug-likeness (QED) is 0.467. The number of nitrogens with zero attached hydrogens (tertiary/aromatic N) is 2. The monoisotopic (exact) mass is 461 g/mol. The lowest BCUT2D eigenvalue weighted by molar-refractivity contribution is -0.143. The Hall–Kier alpha value is -4.01. The molecule has 0 bridgehead atoms. The zero-order valence-corrected chi connectivity index (χ0v) is 19.3. The highest BCUT2D eigenvalue weighted by Crippen LogP contribution is 2.24. The van der Waals surface area contributed by atoms with Crippen molar-refractivity contribution in [2.45, 2.75) is 39.7 Å². The van der Waals surface area contributed by atoms with Gasteiger partial charge < -0.3 is 9.88 Å². The van der Waals surface area contributed by atoms with Crippen molar-refractivity contribution in [3.8, 4) is 0 Å². The molecule has 9 nitrogen and oxygen atoms in total. The van der Waals surface area contributed by atoms with Crippen LogP contribution >= 0.6 is 0 Å². The summed E-state index contributed by atoms with van der Waals surface area (Å²) in [5.74, 6) is -0.376. The van der Waals surface area contributed by atoms with Crippen LogP contribution < -0.4 is 16.0 Å². The van der Waals surface area contributed by atoms with Crippen molar-refractivity contribution in [1.29, 1.82) is 0 Å². The van der Waals surface area contributed by atoms with Crippen LogP contribution in [0.25, 0.3) is 11.0 Å². The van der Waals surface area contributed by atoms with Crippen LogP contribution in [0.4, 0.5) is 4.79 Å². The molecule has 1 aliphatic heterocycles. The molecule has 3 aromatic rings. The third kappa shape index (κ3) is 4.41. The molecule has 1 aliphatic rings. The van der Waals surface area contributed by atoms with E-state index in [0.29, 0.717) is 12.1 Å². The van der Waals surface area contributed by atoms with Crippen molar-refractivity contribution in [3.05, 3.63) is 65.5 Å². The van der Waals surface area contributed by atoms with E-state index in [9.17, 15) is 19.2 Å². The minimum absolute atomic E-state index is 0.0629. The van der Waals surface area contributed by atoms with Crippen molar-refractivity contribution in [1.82, 2.24) is 25.5 Å². The van der Waals surface area contributed by atoms with Crippen molar-refractivity contribution in [3.63, 3.8) is 0 Å². The van der Waals surface area contributed by atoms with Gasteiger partial charge in [0.05, 0.1) is 11.0 Å². The molecule has 0 spiro atoms. The highest BCUT2D eigenvalue weighted by Gasteiger charge is 2.45. The van der Waals surface area contributed by atoms with Crippen LogP contribution in [-0.4, -0.2) is 39.8 Å². The molecule has 1 aromatic heterocycles. The molecule has 0 unspecified atom stereocenters. The first kappa shape index (κ1) is 23.2. The Bertz CT molecular complexity index is 1260. The van der Waals surface area contributed by atoms with Gasteiger partial charge in [-0.2, -0.15) is 0 Å². The number of hydrogen-bond acceptors (Lipinski definition) is 5. The second kappa shape index (κ2) is 9.09. The molecule has 34 heavy (non-hydrogen) atoms. The van der Waals surface area contributed by atoms with Crippen molar-refractivity contribution >= 4 is 34.8 Å². The van der Waals surface area contributed by atoms with Gasteiger partial charge in [-0.15, -0.1) is 0 Å². The van der Waals surface area contributed by atoms with E-state index in [4.69, 9.17) is 4.98 Å². The number of barbiturate groups is 1.